The van der Waals surface area contributed by atoms with Gasteiger partial charge in [-0.15, -0.1) is 11.3 Å². The van der Waals surface area contributed by atoms with Crippen LogP contribution in [0.3, 0.4) is 0 Å². The molecule has 4 aromatic rings. The van der Waals surface area contributed by atoms with E-state index >= 15 is 0 Å². The number of carbonyl (C=O) groups is 1. The van der Waals surface area contributed by atoms with E-state index in [9.17, 15) is 9.90 Å². The SMILES string of the molecule is COc1ccc2c(N(C(C)=O)c3ccc(O)cc3)c(-c3ccccc3)sc2c1. The summed E-state index contributed by atoms with van der Waals surface area (Å²) >= 11 is 1.63. The van der Waals surface area contributed by atoms with Gasteiger partial charge >= 0.3 is 0 Å². The van der Waals surface area contributed by atoms with Gasteiger partial charge in [0.25, 0.3) is 0 Å². The van der Waals surface area contributed by atoms with Gasteiger partial charge in [0, 0.05) is 22.7 Å². The second-order valence-electron chi connectivity index (χ2n) is 6.38. The molecule has 0 fully saturated rings. The lowest BCUT2D eigenvalue weighted by atomic mass is 10.1. The van der Waals surface area contributed by atoms with Crippen LogP contribution in [-0.4, -0.2) is 18.1 Å². The fourth-order valence-electron chi connectivity index (χ4n) is 3.27. The number of benzene rings is 3. The molecule has 0 saturated carbocycles. The van der Waals surface area contributed by atoms with Crippen LogP contribution in [0.5, 0.6) is 11.5 Å². The van der Waals surface area contributed by atoms with Crippen LogP contribution < -0.4 is 9.64 Å². The van der Waals surface area contributed by atoms with Crippen LogP contribution in [0, 0.1) is 0 Å². The number of phenolic OH excluding ortho intramolecular Hbond substituents is 1. The third kappa shape index (κ3) is 3.21. The van der Waals surface area contributed by atoms with Gasteiger partial charge in [0.05, 0.1) is 17.7 Å². The van der Waals surface area contributed by atoms with Crippen molar-refractivity contribution >= 4 is 38.7 Å². The topological polar surface area (TPSA) is 49.8 Å². The van der Waals surface area contributed by atoms with Crippen LogP contribution in [0.15, 0.2) is 72.8 Å². The summed E-state index contributed by atoms with van der Waals surface area (Å²) in [7, 11) is 1.64. The molecule has 0 saturated heterocycles. The van der Waals surface area contributed by atoms with Crippen molar-refractivity contribution < 1.29 is 14.6 Å². The zero-order valence-electron chi connectivity index (χ0n) is 15.5. The van der Waals surface area contributed by atoms with Gasteiger partial charge in [-0.1, -0.05) is 30.3 Å². The third-order valence-corrected chi connectivity index (χ3v) is 5.74. The summed E-state index contributed by atoms with van der Waals surface area (Å²) < 4.78 is 6.42. The predicted octanol–water partition coefficient (Wildman–Crippen LogP) is 5.97. The van der Waals surface area contributed by atoms with Gasteiger partial charge in [-0.3, -0.25) is 9.69 Å². The largest absolute Gasteiger partial charge is 0.508 e. The van der Waals surface area contributed by atoms with E-state index in [2.05, 4.69) is 0 Å². The Hall–Kier alpha value is -3.31. The molecular formula is C23H19NO3S. The smallest absolute Gasteiger partial charge is 0.228 e. The molecule has 1 heterocycles. The molecule has 5 heteroatoms. The van der Waals surface area contributed by atoms with Crippen LogP contribution in [0.2, 0.25) is 0 Å². The van der Waals surface area contributed by atoms with Gasteiger partial charge in [0.2, 0.25) is 5.91 Å². The number of fused-ring (bicyclic) bond motifs is 1. The summed E-state index contributed by atoms with van der Waals surface area (Å²) in [6, 6.07) is 22.6. The molecule has 0 spiro atoms. The van der Waals surface area contributed by atoms with Gasteiger partial charge in [-0.2, -0.15) is 0 Å². The summed E-state index contributed by atoms with van der Waals surface area (Å²) in [5.74, 6) is 0.841. The van der Waals surface area contributed by atoms with Gasteiger partial charge in [-0.05, 0) is 48.0 Å². The van der Waals surface area contributed by atoms with Crippen molar-refractivity contribution in [2.45, 2.75) is 6.92 Å². The Bertz CT molecular complexity index is 1130. The maximum Gasteiger partial charge on any atom is 0.228 e. The van der Waals surface area contributed by atoms with Crippen molar-refractivity contribution in [2.75, 3.05) is 12.0 Å². The van der Waals surface area contributed by atoms with E-state index < -0.39 is 0 Å². The fourth-order valence-corrected chi connectivity index (χ4v) is 4.49. The van der Waals surface area contributed by atoms with Gasteiger partial charge in [0.1, 0.15) is 11.5 Å². The van der Waals surface area contributed by atoms with Crippen LogP contribution in [0.1, 0.15) is 6.92 Å². The molecule has 1 amide bonds. The average Bonchev–Trinajstić information content (AvgIpc) is 3.08. The normalized spacial score (nSPS) is 10.8. The summed E-state index contributed by atoms with van der Waals surface area (Å²) in [4.78, 5) is 15.4. The summed E-state index contributed by atoms with van der Waals surface area (Å²) in [5, 5.41) is 10.6. The molecule has 0 aliphatic heterocycles. The van der Waals surface area contributed by atoms with E-state index in [4.69, 9.17) is 4.74 Å². The minimum absolute atomic E-state index is 0.0987. The molecule has 28 heavy (non-hydrogen) atoms. The zero-order valence-corrected chi connectivity index (χ0v) is 16.4. The number of nitrogens with zero attached hydrogens (tertiary/aromatic N) is 1. The van der Waals surface area contributed by atoms with Gasteiger partial charge in [-0.25, -0.2) is 0 Å². The molecule has 140 valence electrons. The zero-order chi connectivity index (χ0) is 19.7. The second-order valence-corrected chi connectivity index (χ2v) is 7.43. The summed E-state index contributed by atoms with van der Waals surface area (Å²) in [6.45, 7) is 1.55. The Morgan fingerprint density at radius 1 is 1.00 bits per heavy atom. The Morgan fingerprint density at radius 2 is 1.71 bits per heavy atom. The molecule has 0 aliphatic rings. The molecule has 1 aromatic heterocycles. The van der Waals surface area contributed by atoms with Crippen molar-refractivity contribution in [3.8, 4) is 21.9 Å². The lowest BCUT2D eigenvalue weighted by Gasteiger charge is -2.23. The number of aromatic hydroxyl groups is 1. The molecular weight excluding hydrogens is 370 g/mol. The highest BCUT2D eigenvalue weighted by atomic mass is 32.1. The molecule has 4 nitrogen and oxygen atoms in total. The number of amides is 1. The number of hydrogen-bond acceptors (Lipinski definition) is 4. The highest BCUT2D eigenvalue weighted by Gasteiger charge is 2.24. The number of ether oxygens (including phenoxy) is 1. The number of rotatable bonds is 4. The highest BCUT2D eigenvalue weighted by molar-refractivity contribution is 7.23. The summed E-state index contributed by atoms with van der Waals surface area (Å²) in [6.07, 6.45) is 0. The van der Waals surface area contributed by atoms with Crippen LogP contribution in [0.4, 0.5) is 11.4 Å². The van der Waals surface area contributed by atoms with E-state index in [0.717, 1.165) is 32.0 Å². The Balaban J connectivity index is 2.02. The van der Waals surface area contributed by atoms with Crippen molar-refractivity contribution in [2.24, 2.45) is 0 Å². The van der Waals surface area contributed by atoms with Gasteiger partial charge in [0.15, 0.2) is 0 Å². The maximum absolute atomic E-state index is 12.7. The second kappa shape index (κ2) is 7.37. The number of phenols is 1. The first kappa shape index (κ1) is 18.1. The standard InChI is InChI=1S/C23H19NO3S/c1-15(25)24(17-8-10-18(26)11-9-17)22-20-13-12-19(27-2)14-21(20)28-23(22)16-6-4-3-5-7-16/h3-14,26H,1-2H3. The molecule has 0 atom stereocenters. The van der Waals surface area contributed by atoms with E-state index in [1.54, 1.807) is 54.5 Å². The molecule has 4 rings (SSSR count). The number of thiophene rings is 1. The monoisotopic (exact) mass is 389 g/mol. The first-order valence-corrected chi connectivity index (χ1v) is 9.66. The van der Waals surface area contributed by atoms with Crippen molar-refractivity contribution in [3.63, 3.8) is 0 Å². The van der Waals surface area contributed by atoms with E-state index in [-0.39, 0.29) is 11.7 Å². The fraction of sp³-hybridized carbons (Fsp3) is 0.0870. The number of anilines is 2. The molecule has 3 aromatic carbocycles. The van der Waals surface area contributed by atoms with Crippen LogP contribution >= 0.6 is 11.3 Å². The third-order valence-electron chi connectivity index (χ3n) is 4.55. The number of hydrogen-bond donors (Lipinski definition) is 1. The van der Waals surface area contributed by atoms with Crippen molar-refractivity contribution in [1.29, 1.82) is 0 Å². The van der Waals surface area contributed by atoms with E-state index in [1.165, 1.54) is 0 Å². The van der Waals surface area contributed by atoms with Gasteiger partial charge < -0.3 is 9.84 Å². The number of methoxy groups -OCH3 is 1. The average molecular weight is 389 g/mol. The summed E-state index contributed by atoms with van der Waals surface area (Å²) in [5.41, 5.74) is 2.59. The highest BCUT2D eigenvalue weighted by Crippen LogP contribution is 2.47. The molecule has 0 unspecified atom stereocenters. The first-order chi connectivity index (χ1) is 13.6. The maximum atomic E-state index is 12.7. The van der Waals surface area contributed by atoms with Crippen LogP contribution in [0.25, 0.3) is 20.5 Å². The lowest BCUT2D eigenvalue weighted by molar-refractivity contribution is -0.115. The molecule has 0 bridgehead atoms. The minimum atomic E-state index is -0.0987. The van der Waals surface area contributed by atoms with E-state index in [1.807, 2.05) is 48.5 Å². The Kier molecular flexibility index (Phi) is 4.75. The molecule has 1 N–H and O–H groups in total. The first-order valence-electron chi connectivity index (χ1n) is 8.84. The predicted molar refractivity (Wildman–Crippen MR) is 115 cm³/mol. The van der Waals surface area contributed by atoms with E-state index in [0.29, 0.717) is 5.69 Å². The quantitative estimate of drug-likeness (QED) is 0.468. The molecule has 0 aliphatic carbocycles. The molecule has 0 radical (unpaired) electrons. The number of carbonyl (C=O) groups excluding carboxylic acids is 1. The van der Waals surface area contributed by atoms with Crippen molar-refractivity contribution in [1.82, 2.24) is 0 Å². The minimum Gasteiger partial charge on any atom is -0.508 e. The Morgan fingerprint density at radius 3 is 2.36 bits per heavy atom. The van der Waals surface area contributed by atoms with Crippen LogP contribution in [-0.2, 0) is 4.79 Å². The van der Waals surface area contributed by atoms with Crippen molar-refractivity contribution in [3.05, 3.63) is 72.8 Å². The Labute approximate surface area is 167 Å². The lowest BCUT2D eigenvalue weighted by Crippen LogP contribution is -2.22.